The Morgan fingerprint density at radius 1 is 1.23 bits per heavy atom. The largest absolute Gasteiger partial charge is 0.376 e. The second-order valence-corrected chi connectivity index (χ2v) is 9.29. The zero-order chi connectivity index (χ0) is 21.8. The first kappa shape index (κ1) is 20.7. The molecule has 3 unspecified atom stereocenters. The summed E-state index contributed by atoms with van der Waals surface area (Å²) in [6.45, 7) is 0.988. The molecule has 3 heterocycles. The van der Waals surface area contributed by atoms with Crippen molar-refractivity contribution in [2.24, 2.45) is 16.6 Å². The van der Waals surface area contributed by atoms with Crippen LogP contribution >= 0.6 is 15.9 Å². The molecule has 2 N–H and O–H groups in total. The van der Waals surface area contributed by atoms with Gasteiger partial charge in [0.15, 0.2) is 0 Å². The van der Waals surface area contributed by atoms with Crippen molar-refractivity contribution in [3.8, 4) is 0 Å². The Bertz CT molecular complexity index is 1150. The number of amides is 1. The van der Waals surface area contributed by atoms with Gasteiger partial charge in [0.25, 0.3) is 11.8 Å². The van der Waals surface area contributed by atoms with Crippen molar-refractivity contribution in [3.05, 3.63) is 68.6 Å². The molecule has 5 rings (SSSR count). The smallest absolute Gasteiger partial charge is 0.254 e. The molecule has 8 heteroatoms. The highest BCUT2D eigenvalue weighted by atomic mass is 79.9. The Balaban J connectivity index is 1.53. The van der Waals surface area contributed by atoms with Gasteiger partial charge in [0.1, 0.15) is 6.17 Å². The number of hydrogen-bond acceptors (Lipinski definition) is 4. The number of alkyl halides is 2. The van der Waals surface area contributed by atoms with E-state index < -0.39 is 12.0 Å². The van der Waals surface area contributed by atoms with Crippen LogP contribution in [0.5, 0.6) is 0 Å². The number of fused-ring (bicyclic) bond motifs is 2. The lowest BCUT2D eigenvalue weighted by Gasteiger charge is -2.39. The number of carbonyl (C=O) groups is 1. The molecule has 0 aliphatic carbocycles. The average molecular weight is 490 g/mol. The Hall–Kier alpha value is -2.16. The molecule has 3 aliphatic heterocycles. The number of benzene rings is 2. The quantitative estimate of drug-likeness (QED) is 0.705. The van der Waals surface area contributed by atoms with Crippen LogP contribution in [0.1, 0.15) is 34.8 Å². The summed E-state index contributed by atoms with van der Waals surface area (Å²) in [7, 11) is 0. The van der Waals surface area contributed by atoms with Gasteiger partial charge in [0.05, 0.1) is 24.6 Å². The fraction of sp³-hybridized carbons (Fsp3) is 0.391. The number of carbonyl (C=O) groups excluding carboxylic acids is 1. The molecule has 0 bridgehead atoms. The molecule has 0 radical (unpaired) electrons. The fourth-order valence-corrected chi connectivity index (χ4v) is 4.97. The standard InChI is InChI=1S/C23H22BrF2N3O2/c24-15-4-1-13(2-5-15)20-10-23(25,26)7-8-29(20)22(30)14-3-6-19-16(9-14)17-11-31-12-18(17)21(27)28-19/h1-6,9,18,20-21H,7-8,10-12,27H2. The molecule has 31 heavy (non-hydrogen) atoms. The summed E-state index contributed by atoms with van der Waals surface area (Å²) in [6.07, 6.45) is -1.07. The molecule has 1 amide bonds. The summed E-state index contributed by atoms with van der Waals surface area (Å²) in [5, 5.41) is 1.62. The van der Waals surface area contributed by atoms with E-state index in [0.717, 1.165) is 20.6 Å². The number of likely N-dealkylation sites (tertiary alicyclic amines) is 1. The van der Waals surface area contributed by atoms with Crippen molar-refractivity contribution < 1.29 is 18.3 Å². The van der Waals surface area contributed by atoms with Crippen LogP contribution in [0, 0.1) is 5.92 Å². The Morgan fingerprint density at radius 2 is 2.00 bits per heavy atom. The number of halogens is 3. The van der Waals surface area contributed by atoms with E-state index in [0.29, 0.717) is 24.3 Å². The summed E-state index contributed by atoms with van der Waals surface area (Å²) < 4.78 is 35.0. The molecule has 5 nitrogen and oxygen atoms in total. The zero-order valence-electron chi connectivity index (χ0n) is 16.7. The lowest BCUT2D eigenvalue weighted by molar-refractivity contribution is -0.0707. The average Bonchev–Trinajstić information content (AvgIpc) is 3.24. The maximum absolute atomic E-state index is 14.3. The van der Waals surface area contributed by atoms with E-state index >= 15 is 0 Å². The van der Waals surface area contributed by atoms with Crippen LogP contribution in [-0.4, -0.2) is 42.7 Å². The molecular weight excluding hydrogens is 468 g/mol. The number of nitrogens with two attached hydrogens (primary N) is 1. The minimum absolute atomic E-state index is 0.00120. The summed E-state index contributed by atoms with van der Waals surface area (Å²) in [6, 6.07) is 11.8. The van der Waals surface area contributed by atoms with Crippen molar-refractivity contribution in [1.29, 1.82) is 0 Å². The molecule has 0 saturated carbocycles. The van der Waals surface area contributed by atoms with E-state index in [1.54, 1.807) is 29.2 Å². The van der Waals surface area contributed by atoms with Crippen molar-refractivity contribution in [2.75, 3.05) is 19.8 Å². The van der Waals surface area contributed by atoms with Crippen molar-refractivity contribution in [1.82, 2.24) is 4.90 Å². The molecule has 2 saturated heterocycles. The molecular formula is C23H22BrF2N3O2. The first-order valence-electron chi connectivity index (χ1n) is 10.3. The fourth-order valence-electron chi connectivity index (χ4n) is 4.70. The van der Waals surface area contributed by atoms with Crippen LogP contribution in [0.25, 0.3) is 5.57 Å². The van der Waals surface area contributed by atoms with Crippen LogP contribution in [0.4, 0.5) is 8.78 Å². The number of nitrogens with zero attached hydrogens (tertiary/aromatic N) is 2. The highest BCUT2D eigenvalue weighted by Crippen LogP contribution is 2.40. The van der Waals surface area contributed by atoms with Crippen molar-refractivity contribution >= 4 is 27.4 Å². The molecule has 0 spiro atoms. The highest BCUT2D eigenvalue weighted by molar-refractivity contribution is 9.10. The van der Waals surface area contributed by atoms with E-state index in [9.17, 15) is 13.6 Å². The highest BCUT2D eigenvalue weighted by Gasteiger charge is 2.43. The lowest BCUT2D eigenvalue weighted by atomic mass is 9.91. The molecule has 2 fully saturated rings. The van der Waals surface area contributed by atoms with Crippen LogP contribution in [0.2, 0.25) is 0 Å². The normalized spacial score (nSPS) is 26.8. The summed E-state index contributed by atoms with van der Waals surface area (Å²) in [5.74, 6) is -3.04. The van der Waals surface area contributed by atoms with E-state index in [-0.39, 0.29) is 37.4 Å². The Kier molecular flexibility index (Phi) is 5.19. The van der Waals surface area contributed by atoms with Crippen LogP contribution in [0.15, 0.2) is 51.9 Å². The van der Waals surface area contributed by atoms with Crippen LogP contribution in [0.3, 0.4) is 0 Å². The predicted octanol–water partition coefficient (Wildman–Crippen LogP) is 2.78. The molecule has 2 aromatic carbocycles. The monoisotopic (exact) mass is 489 g/mol. The van der Waals surface area contributed by atoms with Crippen LogP contribution in [-0.2, 0) is 4.74 Å². The number of ether oxygens (including phenoxy) is 1. The third kappa shape index (κ3) is 3.81. The summed E-state index contributed by atoms with van der Waals surface area (Å²) >= 11 is 3.38. The number of hydrogen-bond donors (Lipinski definition) is 1. The first-order chi connectivity index (χ1) is 14.8. The Labute approximate surface area is 186 Å². The van der Waals surface area contributed by atoms with Gasteiger partial charge in [-0.1, -0.05) is 28.1 Å². The molecule has 0 aromatic heterocycles. The zero-order valence-corrected chi connectivity index (χ0v) is 18.3. The van der Waals surface area contributed by atoms with Gasteiger partial charge in [0.2, 0.25) is 0 Å². The third-order valence-electron chi connectivity index (χ3n) is 6.39. The lowest BCUT2D eigenvalue weighted by Crippen LogP contribution is -2.46. The second kappa shape index (κ2) is 7.76. The maximum Gasteiger partial charge on any atom is 0.254 e. The van der Waals surface area contributed by atoms with Gasteiger partial charge >= 0.3 is 0 Å². The van der Waals surface area contributed by atoms with Gasteiger partial charge in [-0.05, 0) is 41.5 Å². The second-order valence-electron chi connectivity index (χ2n) is 8.37. The van der Waals surface area contributed by atoms with Crippen LogP contribution < -0.4 is 16.3 Å². The minimum Gasteiger partial charge on any atom is -0.376 e. The van der Waals surface area contributed by atoms with Crippen molar-refractivity contribution in [2.45, 2.75) is 31.0 Å². The summed E-state index contributed by atoms with van der Waals surface area (Å²) in [4.78, 5) is 19.6. The van der Waals surface area contributed by atoms with Gasteiger partial charge in [-0.25, -0.2) is 8.78 Å². The van der Waals surface area contributed by atoms with Gasteiger partial charge in [-0.15, -0.1) is 0 Å². The van der Waals surface area contributed by atoms with E-state index in [4.69, 9.17) is 10.5 Å². The number of piperidine rings is 1. The first-order valence-corrected chi connectivity index (χ1v) is 11.1. The maximum atomic E-state index is 14.3. The molecule has 162 valence electrons. The molecule has 3 aliphatic rings. The molecule has 2 aromatic rings. The van der Waals surface area contributed by atoms with Gasteiger partial charge in [0, 0.05) is 40.6 Å². The van der Waals surface area contributed by atoms with Gasteiger partial charge < -0.3 is 15.4 Å². The summed E-state index contributed by atoms with van der Waals surface area (Å²) in [5.41, 5.74) is 8.38. The third-order valence-corrected chi connectivity index (χ3v) is 6.92. The Morgan fingerprint density at radius 3 is 2.77 bits per heavy atom. The van der Waals surface area contributed by atoms with Crippen molar-refractivity contribution in [3.63, 3.8) is 0 Å². The van der Waals surface area contributed by atoms with Gasteiger partial charge in [-0.3, -0.25) is 9.79 Å². The topological polar surface area (TPSA) is 67.9 Å². The van der Waals surface area contributed by atoms with E-state index in [2.05, 4.69) is 20.9 Å². The van der Waals surface area contributed by atoms with Gasteiger partial charge in [-0.2, -0.15) is 0 Å². The SMILES string of the molecule is NC1N=c2ccc(C(=O)N3CCC(F)(F)CC3c3ccc(Br)cc3)cc2=C2COCC21. The van der Waals surface area contributed by atoms with E-state index in [1.807, 2.05) is 18.2 Å². The number of rotatable bonds is 2. The minimum atomic E-state index is -2.80. The molecule has 3 atom stereocenters. The van der Waals surface area contributed by atoms with E-state index in [1.165, 1.54) is 0 Å². The predicted molar refractivity (Wildman–Crippen MR) is 115 cm³/mol.